The van der Waals surface area contributed by atoms with Gasteiger partial charge in [0.2, 0.25) is 0 Å². The highest BCUT2D eigenvalue weighted by molar-refractivity contribution is 5.99. The number of rotatable bonds is 5. The van der Waals surface area contributed by atoms with Crippen molar-refractivity contribution in [1.29, 1.82) is 0 Å². The maximum Gasteiger partial charge on any atom is 0.429 e. The Balaban J connectivity index is 1.46. The number of quaternary nitrogens is 1. The molecule has 35 heavy (non-hydrogen) atoms. The lowest BCUT2D eigenvalue weighted by molar-refractivity contribution is -0.775. The summed E-state index contributed by atoms with van der Waals surface area (Å²) in [6.07, 6.45) is 5.48. The Morgan fingerprint density at radius 3 is 2.46 bits per heavy atom. The van der Waals surface area contributed by atoms with E-state index in [2.05, 4.69) is 10.4 Å². The lowest BCUT2D eigenvalue weighted by Gasteiger charge is -2.32. The molecule has 1 N–H and O–H groups in total. The number of aromatic nitrogens is 3. The van der Waals surface area contributed by atoms with E-state index in [0.717, 1.165) is 29.8 Å². The Kier molecular flexibility index (Phi) is 6.09. The van der Waals surface area contributed by atoms with Gasteiger partial charge in [-0.15, -0.1) is 0 Å². The van der Waals surface area contributed by atoms with Gasteiger partial charge in [0.05, 0.1) is 24.5 Å². The van der Waals surface area contributed by atoms with Crippen molar-refractivity contribution in [2.45, 2.75) is 39.3 Å². The fourth-order valence-electron chi connectivity index (χ4n) is 5.02. The minimum absolute atomic E-state index is 0.138. The number of nitrogens with zero attached hydrogens (tertiary/aromatic N) is 4. The summed E-state index contributed by atoms with van der Waals surface area (Å²) in [5.41, 5.74) is 3.85. The van der Waals surface area contributed by atoms with Crippen LogP contribution >= 0.6 is 0 Å². The van der Waals surface area contributed by atoms with Crippen LogP contribution in [0.15, 0.2) is 85.2 Å². The predicted octanol–water partition coefficient (Wildman–Crippen LogP) is 5.40. The molecule has 1 fully saturated rings. The van der Waals surface area contributed by atoms with Gasteiger partial charge in [-0.2, -0.15) is 9.58 Å². The Morgan fingerprint density at radius 2 is 1.74 bits per heavy atom. The van der Waals surface area contributed by atoms with Crippen molar-refractivity contribution in [3.8, 4) is 5.69 Å². The number of aryl methyl sites for hydroxylation is 1. The summed E-state index contributed by atoms with van der Waals surface area (Å²) >= 11 is 0. The van der Waals surface area contributed by atoms with Crippen molar-refractivity contribution in [3.63, 3.8) is 0 Å². The number of carbonyl (C=O) groups is 2. The first-order chi connectivity index (χ1) is 17.0. The zero-order chi connectivity index (χ0) is 24.4. The molecule has 1 saturated heterocycles. The van der Waals surface area contributed by atoms with Crippen LogP contribution in [0.2, 0.25) is 0 Å². The summed E-state index contributed by atoms with van der Waals surface area (Å²) in [6.45, 7) is 4.96. The second kappa shape index (κ2) is 9.35. The van der Waals surface area contributed by atoms with E-state index >= 15 is 0 Å². The number of amides is 3. The molecule has 2 aromatic carbocycles. The third kappa shape index (κ3) is 4.19. The van der Waals surface area contributed by atoms with E-state index in [1.165, 1.54) is 0 Å². The molecule has 0 saturated carbocycles. The highest BCUT2D eigenvalue weighted by atomic mass is 16.2. The van der Waals surface area contributed by atoms with Crippen molar-refractivity contribution in [2.24, 2.45) is 0 Å². The van der Waals surface area contributed by atoms with Crippen LogP contribution in [-0.4, -0.2) is 43.4 Å². The molecule has 5 rings (SSSR count). The second-order valence-electron chi connectivity index (χ2n) is 9.24. The minimum Gasteiger partial charge on any atom is -0.322 e. The highest BCUT2D eigenvalue weighted by Crippen LogP contribution is 2.32. The van der Waals surface area contributed by atoms with Gasteiger partial charge in [0, 0.05) is 30.9 Å². The van der Waals surface area contributed by atoms with Crippen molar-refractivity contribution >= 4 is 17.6 Å². The van der Waals surface area contributed by atoms with E-state index in [0.29, 0.717) is 24.5 Å². The molecular formula is C28H30N5O2+. The zero-order valence-corrected chi connectivity index (χ0v) is 20.1. The van der Waals surface area contributed by atoms with E-state index in [-0.39, 0.29) is 22.5 Å². The van der Waals surface area contributed by atoms with Gasteiger partial charge in [0.25, 0.3) is 0 Å². The van der Waals surface area contributed by atoms with Crippen LogP contribution in [0, 0.1) is 6.92 Å². The lowest BCUT2D eigenvalue weighted by atomic mass is 10.2. The fraction of sp³-hybridized carbons (Fsp3) is 0.250. The molecule has 7 heteroatoms. The molecule has 4 aromatic rings. The predicted molar refractivity (Wildman–Crippen MR) is 135 cm³/mol. The number of hydrogen-bond acceptors (Lipinski definition) is 3. The summed E-state index contributed by atoms with van der Waals surface area (Å²) in [4.78, 5) is 27.8. The van der Waals surface area contributed by atoms with Gasteiger partial charge in [-0.05, 0) is 49.7 Å². The normalized spacial score (nSPS) is 19.5. The van der Waals surface area contributed by atoms with E-state index < -0.39 is 0 Å². The van der Waals surface area contributed by atoms with Crippen molar-refractivity contribution in [3.05, 3.63) is 102 Å². The average molecular weight is 469 g/mol. The molecule has 0 aliphatic carbocycles. The van der Waals surface area contributed by atoms with E-state index in [9.17, 15) is 9.59 Å². The first kappa shape index (κ1) is 22.8. The van der Waals surface area contributed by atoms with Crippen LogP contribution in [-0.2, 0) is 6.54 Å². The molecule has 0 bridgehead atoms. The highest BCUT2D eigenvalue weighted by Gasteiger charge is 2.54. The number of para-hydroxylation sites is 2. The van der Waals surface area contributed by atoms with Gasteiger partial charge in [0.1, 0.15) is 6.04 Å². The molecule has 7 nitrogen and oxygen atoms in total. The molecule has 1 aliphatic heterocycles. The monoisotopic (exact) mass is 468 g/mol. The smallest absolute Gasteiger partial charge is 0.322 e. The summed E-state index contributed by atoms with van der Waals surface area (Å²) in [7, 11) is 0. The molecule has 1 unspecified atom stereocenters. The molecule has 3 heterocycles. The van der Waals surface area contributed by atoms with Crippen molar-refractivity contribution in [2.75, 3.05) is 11.9 Å². The van der Waals surface area contributed by atoms with Gasteiger partial charge < -0.3 is 4.57 Å². The number of likely N-dealkylation sites (tertiary alicyclic amines) is 1. The Morgan fingerprint density at radius 1 is 1.03 bits per heavy atom. The van der Waals surface area contributed by atoms with Gasteiger partial charge >= 0.3 is 11.9 Å². The van der Waals surface area contributed by atoms with Gasteiger partial charge in [-0.25, -0.2) is 9.59 Å². The third-order valence-electron chi connectivity index (χ3n) is 7.01. The second-order valence-corrected chi connectivity index (χ2v) is 9.24. The van der Waals surface area contributed by atoms with E-state index in [1.807, 2.05) is 102 Å². The number of carbonyl (C=O) groups excluding carboxylic acids is 2. The van der Waals surface area contributed by atoms with Crippen LogP contribution in [0.3, 0.4) is 0 Å². The number of anilines is 1. The Hall–Kier alpha value is -3.97. The average Bonchev–Trinajstić information content (AvgIpc) is 3.61. The summed E-state index contributed by atoms with van der Waals surface area (Å²) in [6, 6.07) is 22.9. The van der Waals surface area contributed by atoms with E-state index in [4.69, 9.17) is 0 Å². The Labute approximate surface area is 205 Å². The molecule has 2 aromatic heterocycles. The molecular weight excluding hydrogens is 438 g/mol. The van der Waals surface area contributed by atoms with Crippen LogP contribution in [0.25, 0.3) is 5.69 Å². The maximum absolute atomic E-state index is 14.0. The molecule has 178 valence electrons. The number of hydrogen-bond donors (Lipinski definition) is 1. The van der Waals surface area contributed by atoms with E-state index in [1.54, 1.807) is 6.07 Å². The largest absolute Gasteiger partial charge is 0.429 e. The topological polar surface area (TPSA) is 68.9 Å². The molecule has 0 radical (unpaired) electrons. The first-order valence-electron chi connectivity index (χ1n) is 12.0. The standard InChI is InChI=1S/C28H29N5O2/c1-21-19-25(30-32(21)20-23-12-4-3-5-13-23)27(34)33(18-10-11-22(33)2)28(35)29-24-14-6-7-15-26(24)31-16-8-9-17-31/h3-9,12-17,19,22H,10-11,18,20H2,1-2H3/p+1/t22-,33?/m1/s1. The minimum atomic E-state index is -0.310. The van der Waals surface area contributed by atoms with Crippen molar-refractivity contribution < 1.29 is 14.1 Å². The van der Waals surface area contributed by atoms with Crippen LogP contribution in [0.5, 0.6) is 0 Å². The fourth-order valence-corrected chi connectivity index (χ4v) is 5.02. The quantitative estimate of drug-likeness (QED) is 0.399. The molecule has 2 atom stereocenters. The van der Waals surface area contributed by atoms with Crippen LogP contribution in [0.1, 0.15) is 41.5 Å². The number of imide groups is 1. The van der Waals surface area contributed by atoms with Crippen LogP contribution in [0.4, 0.5) is 10.5 Å². The van der Waals surface area contributed by atoms with Gasteiger partial charge in [-0.1, -0.05) is 42.5 Å². The van der Waals surface area contributed by atoms with Crippen molar-refractivity contribution in [1.82, 2.24) is 14.3 Å². The Bertz CT molecular complexity index is 1340. The molecule has 1 aliphatic rings. The molecule has 3 amide bonds. The SMILES string of the molecule is Cc1cc(C(=O)[N+]2(C(=O)Nc3ccccc3-n3cccc3)CCC[C@H]2C)nn1Cc1ccccc1. The van der Waals surface area contributed by atoms with Crippen LogP contribution < -0.4 is 5.32 Å². The number of benzene rings is 2. The first-order valence-corrected chi connectivity index (χ1v) is 12.0. The zero-order valence-electron chi connectivity index (χ0n) is 20.1. The number of nitrogens with one attached hydrogen (secondary N) is 1. The number of urea groups is 1. The van der Waals surface area contributed by atoms with Gasteiger partial charge in [-0.3, -0.25) is 10.00 Å². The van der Waals surface area contributed by atoms with Gasteiger partial charge in [0.15, 0.2) is 5.69 Å². The third-order valence-corrected chi connectivity index (χ3v) is 7.01. The molecule has 0 spiro atoms. The summed E-state index contributed by atoms with van der Waals surface area (Å²) in [5.74, 6) is -0.249. The summed E-state index contributed by atoms with van der Waals surface area (Å²) in [5, 5.41) is 7.73. The lowest BCUT2D eigenvalue weighted by Crippen LogP contribution is -2.60. The maximum atomic E-state index is 14.0. The summed E-state index contributed by atoms with van der Waals surface area (Å²) < 4.78 is 3.50.